The maximum atomic E-state index is 17.0. The molecule has 1 atom stereocenters. The molecule has 1 aliphatic rings. The lowest BCUT2D eigenvalue weighted by Gasteiger charge is -2.45. The summed E-state index contributed by atoms with van der Waals surface area (Å²) in [5, 5.41) is 16.5. The molecule has 0 saturated carbocycles. The molecule has 3 amide bonds. The van der Waals surface area contributed by atoms with Gasteiger partial charge in [-0.1, -0.05) is 41.5 Å². The largest absolute Gasteiger partial charge is 0.497 e. The number of hydrogen-bond donors (Lipinski definition) is 4. The summed E-state index contributed by atoms with van der Waals surface area (Å²) >= 11 is 0. The van der Waals surface area contributed by atoms with Crippen molar-refractivity contribution in [1.29, 1.82) is 0 Å². The molecule has 2 heterocycles. The average molecular weight is 1100 g/mol. The summed E-state index contributed by atoms with van der Waals surface area (Å²) in [5.74, 6) is -4.10. The number of nitrogens with one attached hydrogen (secondary N) is 3. The van der Waals surface area contributed by atoms with Crippen LogP contribution in [0.1, 0.15) is 110 Å². The number of methoxy groups -OCH3 is 1. The highest BCUT2D eigenvalue weighted by atomic mass is 28.4. The summed E-state index contributed by atoms with van der Waals surface area (Å²) in [7, 11) is -2.26. The number of anilines is 1. The number of carbonyl (C=O) groups excluding carboxylic acids is 6. The van der Waals surface area contributed by atoms with Crippen LogP contribution in [0.15, 0.2) is 12.3 Å². The fourth-order valence-corrected chi connectivity index (χ4v) is 13.1. The Morgan fingerprint density at radius 3 is 1.42 bits per heavy atom. The van der Waals surface area contributed by atoms with E-state index in [1.165, 1.54) is 19.4 Å². The zero-order chi connectivity index (χ0) is 57.9. The lowest BCUT2D eigenvalue weighted by molar-refractivity contribution is -0.158. The van der Waals surface area contributed by atoms with Crippen molar-refractivity contribution in [2.75, 3.05) is 124 Å². The smallest absolute Gasteiger partial charge is 0.320 e. The molecule has 1 aliphatic heterocycles. The number of halogens is 1. The highest BCUT2D eigenvalue weighted by Gasteiger charge is 2.58. The Morgan fingerprint density at radius 1 is 0.632 bits per heavy atom. The first-order chi connectivity index (χ1) is 34.9. The Balaban J connectivity index is 2.08. The van der Waals surface area contributed by atoms with E-state index in [-0.39, 0.29) is 91.1 Å². The Bertz CT molecular complexity index is 2020. The predicted octanol–water partition coefficient (Wildman–Crippen LogP) is 3.11. The minimum absolute atomic E-state index is 0.000261. The summed E-state index contributed by atoms with van der Waals surface area (Å²) < 4.78 is 50.4. The third-order valence-electron chi connectivity index (χ3n) is 11.6. The van der Waals surface area contributed by atoms with Gasteiger partial charge in [0.05, 0.1) is 59.5 Å². The molecule has 24 heteroatoms. The first-order valence-electron chi connectivity index (χ1n) is 25.9. The lowest BCUT2D eigenvalue weighted by Crippen LogP contribution is -2.58. The molecule has 22 nitrogen and oxygen atoms in total. The molecule has 1 aromatic heterocycles. The fourth-order valence-electron chi connectivity index (χ4n) is 8.51. The highest BCUT2D eigenvalue weighted by Crippen LogP contribution is 2.52. The second-order valence-corrected chi connectivity index (χ2v) is 28.9. The Kier molecular flexibility index (Phi) is 26.3. The number of carboxylic acid groups (broad SMARTS) is 1. The molecular weight excluding hydrogens is 1010 g/mol. The van der Waals surface area contributed by atoms with E-state index in [4.69, 9.17) is 28.4 Å². The molecular formula is C52H91FN8O14Si. The highest BCUT2D eigenvalue weighted by molar-refractivity contribution is 6.91. The molecule has 1 saturated heterocycles. The number of aromatic nitrogens is 1. The van der Waals surface area contributed by atoms with Gasteiger partial charge in [0.2, 0.25) is 11.8 Å². The lowest BCUT2D eigenvalue weighted by atomic mass is 10.2. The minimum Gasteiger partial charge on any atom is -0.497 e. The maximum Gasteiger partial charge on any atom is 0.320 e. The van der Waals surface area contributed by atoms with Crippen LogP contribution < -0.4 is 25.9 Å². The van der Waals surface area contributed by atoms with Gasteiger partial charge < -0.3 is 53.6 Å². The van der Waals surface area contributed by atoms with Crippen molar-refractivity contribution < 1.29 is 71.2 Å². The van der Waals surface area contributed by atoms with Crippen molar-refractivity contribution in [2.24, 2.45) is 0 Å². The van der Waals surface area contributed by atoms with E-state index >= 15 is 4.11 Å². The summed E-state index contributed by atoms with van der Waals surface area (Å²) in [6.07, 6.45) is 0.729. The van der Waals surface area contributed by atoms with Gasteiger partial charge in [-0.25, -0.2) is 4.98 Å². The van der Waals surface area contributed by atoms with Gasteiger partial charge >= 0.3 is 23.9 Å². The van der Waals surface area contributed by atoms with Gasteiger partial charge in [0, 0.05) is 76.4 Å². The van der Waals surface area contributed by atoms with Crippen molar-refractivity contribution in [3.63, 3.8) is 0 Å². The second-order valence-electron chi connectivity index (χ2n) is 24.0. The van der Waals surface area contributed by atoms with Gasteiger partial charge in [-0.05, 0) is 72.4 Å². The summed E-state index contributed by atoms with van der Waals surface area (Å²) in [6, 6.07) is 0.0596. The average Bonchev–Trinajstić information content (AvgIpc) is 3.24. The number of amides is 3. The minimum atomic E-state index is -3.70. The van der Waals surface area contributed by atoms with E-state index < -0.39 is 89.3 Å². The van der Waals surface area contributed by atoms with Crippen molar-refractivity contribution >= 4 is 61.0 Å². The molecule has 0 aromatic carbocycles. The third kappa shape index (κ3) is 25.5. The summed E-state index contributed by atoms with van der Waals surface area (Å²) in [5.41, 5.74) is -2.19. The van der Waals surface area contributed by atoms with Crippen LogP contribution in [0.25, 0.3) is 0 Å². The molecule has 434 valence electrons. The van der Waals surface area contributed by atoms with Gasteiger partial charge in [0.15, 0.2) is 0 Å². The summed E-state index contributed by atoms with van der Waals surface area (Å²) in [6.45, 7) is 28.8. The molecule has 1 unspecified atom stereocenters. The van der Waals surface area contributed by atoms with Crippen LogP contribution in [-0.2, 0) is 57.2 Å². The number of carboxylic acids is 1. The first-order valence-corrected chi connectivity index (χ1v) is 27.8. The van der Waals surface area contributed by atoms with Crippen LogP contribution in [0.5, 0.6) is 5.75 Å². The number of hydrogen-bond acceptors (Lipinski definition) is 18. The van der Waals surface area contributed by atoms with Gasteiger partial charge in [-0.15, -0.1) is 0 Å². The standard InChI is InChI=1S/C52H91FN8O14Si/c1-48(2,3)73-44(66)33-59-20-18-58(19-21-60(34-45(67)74-49(4,5)6)23-25-61(24-22-59)35-46(68)75-50(7,8)9)32-41(62)56-37(29-43(64)65)47(69)54-17-26-71-27-28-72-36-42(63)57-40-30-38(70-16)39(31-55-40)76(53,51(10,11)12)52(13,14)15/h30-31,37H,17-29,32-36H2,1-16H3,(H,54,69)(H,56,62)(H,64,65)(H,55,57,63). The molecule has 1 aromatic rings. The number of esters is 3. The number of ether oxygens (including phenoxy) is 6. The quantitative estimate of drug-likeness (QED) is 0.0404. The van der Waals surface area contributed by atoms with Crippen LogP contribution in [-0.4, -0.2) is 221 Å². The van der Waals surface area contributed by atoms with E-state index in [0.717, 1.165) is 0 Å². The normalized spacial score (nSPS) is 16.1. The molecule has 0 aliphatic carbocycles. The van der Waals surface area contributed by atoms with Gasteiger partial charge in [-0.2, -0.15) is 0 Å². The van der Waals surface area contributed by atoms with Gasteiger partial charge in [0.1, 0.15) is 41.0 Å². The van der Waals surface area contributed by atoms with E-state index in [1.807, 2.05) is 56.2 Å². The second kappa shape index (κ2) is 29.8. The molecule has 2 rings (SSSR count). The van der Waals surface area contributed by atoms with Crippen LogP contribution >= 0.6 is 0 Å². The zero-order valence-corrected chi connectivity index (χ0v) is 49.3. The fraction of sp³-hybridized carbons (Fsp3) is 0.769. The topological polar surface area (TPSA) is 257 Å². The SMILES string of the molecule is COc1cc(NC(=O)COCCOCCNC(=O)C(CC(=O)O)NC(=O)CN2CCN(CC(=O)OC(C)(C)C)CCN(CC(=O)OC(C)(C)C)CCN(CC(=O)OC(C)(C)C)CC2)ncc1[Si](F)(C(C)(C)C)C(C)(C)C. The van der Waals surface area contributed by atoms with Crippen LogP contribution in [0.4, 0.5) is 9.93 Å². The Labute approximate surface area is 451 Å². The molecule has 0 bridgehead atoms. The molecule has 1 fully saturated rings. The third-order valence-corrected chi connectivity index (χ3v) is 16.8. The number of carbonyl (C=O) groups is 7. The number of aliphatic carboxylic acids is 1. The monoisotopic (exact) mass is 1100 g/mol. The van der Waals surface area contributed by atoms with E-state index in [9.17, 15) is 38.7 Å². The van der Waals surface area contributed by atoms with Crippen molar-refractivity contribution in [3.05, 3.63) is 12.3 Å². The number of pyridine rings is 1. The van der Waals surface area contributed by atoms with Crippen molar-refractivity contribution in [3.8, 4) is 5.75 Å². The van der Waals surface area contributed by atoms with Gasteiger partial charge in [-0.3, -0.25) is 53.2 Å². The molecule has 4 N–H and O–H groups in total. The van der Waals surface area contributed by atoms with Crippen molar-refractivity contribution in [1.82, 2.24) is 35.2 Å². The van der Waals surface area contributed by atoms with E-state index in [0.29, 0.717) is 37.1 Å². The van der Waals surface area contributed by atoms with E-state index in [1.54, 1.807) is 67.2 Å². The van der Waals surface area contributed by atoms with Crippen LogP contribution in [0.2, 0.25) is 10.1 Å². The Hall–Kier alpha value is -4.85. The van der Waals surface area contributed by atoms with E-state index in [2.05, 4.69) is 20.9 Å². The van der Waals surface area contributed by atoms with Gasteiger partial charge in [0.25, 0.3) is 14.3 Å². The molecule has 0 spiro atoms. The van der Waals surface area contributed by atoms with Crippen molar-refractivity contribution in [2.45, 2.75) is 143 Å². The maximum absolute atomic E-state index is 17.0. The van der Waals surface area contributed by atoms with Crippen LogP contribution in [0.3, 0.4) is 0 Å². The molecule has 0 radical (unpaired) electrons. The molecule has 76 heavy (non-hydrogen) atoms. The number of rotatable bonds is 23. The first kappa shape index (κ1) is 67.3. The van der Waals surface area contributed by atoms with Crippen LogP contribution in [0, 0.1) is 0 Å². The number of nitrogens with zero attached hydrogens (tertiary/aromatic N) is 5. The zero-order valence-electron chi connectivity index (χ0n) is 48.3. The summed E-state index contributed by atoms with van der Waals surface area (Å²) in [4.78, 5) is 102. The Morgan fingerprint density at radius 2 is 1.04 bits per heavy atom. The predicted molar refractivity (Wildman–Crippen MR) is 287 cm³/mol.